The second-order valence-corrected chi connectivity index (χ2v) is 6.17. The first-order valence-corrected chi connectivity index (χ1v) is 7.64. The molecule has 4 nitrogen and oxygen atoms in total. The van der Waals surface area contributed by atoms with E-state index in [1.165, 1.54) is 30.4 Å². The van der Waals surface area contributed by atoms with Gasteiger partial charge in [0.05, 0.1) is 26.7 Å². The van der Waals surface area contributed by atoms with Gasteiger partial charge in [-0.05, 0) is 36.6 Å². The number of rotatable bonds is 7. The van der Waals surface area contributed by atoms with Crippen LogP contribution in [0, 0.1) is 0 Å². The fourth-order valence-electron chi connectivity index (χ4n) is 2.92. The molecule has 20 heavy (non-hydrogen) atoms. The Hall–Kier alpha value is -1.26. The van der Waals surface area contributed by atoms with Crippen LogP contribution in [-0.4, -0.2) is 44.4 Å². The molecule has 0 aromatic heterocycles. The lowest BCUT2D eigenvalue weighted by Crippen LogP contribution is -2.43. The van der Waals surface area contributed by atoms with Gasteiger partial charge in [0.1, 0.15) is 6.54 Å². The second kappa shape index (κ2) is 6.95. The maximum Gasteiger partial charge on any atom is 0.102 e. The van der Waals surface area contributed by atoms with Crippen molar-refractivity contribution >= 4 is 11.4 Å². The standard InChI is InChI=1S/C16H28N3O/c1-19(8-2-3-9-19)10-12-20-11-4-5-14-13-15(17)6-7-16(14)18/h6-7,13H,2-5,8-12,17-18H2,1H3/q+1. The number of likely N-dealkylation sites (tertiary alicyclic amines) is 1. The normalized spacial score (nSPS) is 17.4. The van der Waals surface area contributed by atoms with Gasteiger partial charge in [-0.15, -0.1) is 0 Å². The monoisotopic (exact) mass is 278 g/mol. The number of aryl methyl sites for hydroxylation is 1. The van der Waals surface area contributed by atoms with E-state index < -0.39 is 0 Å². The van der Waals surface area contributed by atoms with E-state index in [0.29, 0.717) is 0 Å². The van der Waals surface area contributed by atoms with E-state index in [-0.39, 0.29) is 0 Å². The van der Waals surface area contributed by atoms with Crippen molar-refractivity contribution in [3.05, 3.63) is 23.8 Å². The summed E-state index contributed by atoms with van der Waals surface area (Å²) in [7, 11) is 2.34. The number of nitrogens with two attached hydrogens (primary N) is 2. The topological polar surface area (TPSA) is 61.3 Å². The summed E-state index contributed by atoms with van der Waals surface area (Å²) in [6.45, 7) is 5.42. The van der Waals surface area contributed by atoms with Gasteiger partial charge in [0, 0.05) is 30.8 Å². The lowest BCUT2D eigenvalue weighted by Gasteiger charge is -2.28. The lowest BCUT2D eigenvalue weighted by molar-refractivity contribution is -0.898. The first-order chi connectivity index (χ1) is 9.59. The highest BCUT2D eigenvalue weighted by Gasteiger charge is 2.25. The van der Waals surface area contributed by atoms with Crippen LogP contribution in [0.25, 0.3) is 0 Å². The van der Waals surface area contributed by atoms with Crippen LogP contribution in [0.1, 0.15) is 24.8 Å². The molecule has 4 N–H and O–H groups in total. The molecule has 0 aliphatic carbocycles. The van der Waals surface area contributed by atoms with E-state index in [4.69, 9.17) is 16.2 Å². The Labute approximate surface area is 122 Å². The third-order valence-corrected chi connectivity index (χ3v) is 4.32. The Morgan fingerprint density at radius 2 is 1.90 bits per heavy atom. The molecule has 1 aliphatic heterocycles. The smallest absolute Gasteiger partial charge is 0.102 e. The van der Waals surface area contributed by atoms with Crippen molar-refractivity contribution in [1.29, 1.82) is 0 Å². The molecule has 0 atom stereocenters. The van der Waals surface area contributed by atoms with Gasteiger partial charge in [0.15, 0.2) is 0 Å². The average Bonchev–Trinajstić information content (AvgIpc) is 2.85. The van der Waals surface area contributed by atoms with Crippen LogP contribution in [0.5, 0.6) is 0 Å². The van der Waals surface area contributed by atoms with Gasteiger partial charge in [0.2, 0.25) is 0 Å². The Balaban J connectivity index is 1.61. The van der Waals surface area contributed by atoms with Crippen LogP contribution in [0.4, 0.5) is 11.4 Å². The van der Waals surface area contributed by atoms with Crippen molar-refractivity contribution < 1.29 is 9.22 Å². The Bertz CT molecular complexity index is 428. The molecule has 0 saturated carbocycles. The van der Waals surface area contributed by atoms with E-state index in [1.807, 2.05) is 18.2 Å². The molecular formula is C16H28N3O+. The zero-order valence-corrected chi connectivity index (χ0v) is 12.6. The van der Waals surface area contributed by atoms with E-state index in [1.54, 1.807) is 0 Å². The summed E-state index contributed by atoms with van der Waals surface area (Å²) in [6.07, 6.45) is 4.66. The minimum absolute atomic E-state index is 0.779. The fraction of sp³-hybridized carbons (Fsp3) is 0.625. The van der Waals surface area contributed by atoms with Crippen LogP contribution in [-0.2, 0) is 11.2 Å². The van der Waals surface area contributed by atoms with Crippen LogP contribution < -0.4 is 11.5 Å². The van der Waals surface area contributed by atoms with Crippen LogP contribution in [0.2, 0.25) is 0 Å². The molecule has 112 valence electrons. The third kappa shape index (κ3) is 4.39. The second-order valence-electron chi connectivity index (χ2n) is 6.17. The molecular weight excluding hydrogens is 250 g/mol. The van der Waals surface area contributed by atoms with Crippen LogP contribution in [0.3, 0.4) is 0 Å². The fourth-order valence-corrected chi connectivity index (χ4v) is 2.92. The Kier molecular flexibility index (Phi) is 5.26. The number of quaternary nitrogens is 1. The minimum atomic E-state index is 0.779. The van der Waals surface area contributed by atoms with Crippen molar-refractivity contribution in [3.8, 4) is 0 Å². The molecule has 0 spiro atoms. The van der Waals surface area contributed by atoms with Crippen molar-refractivity contribution in [2.75, 3.05) is 51.4 Å². The summed E-state index contributed by atoms with van der Waals surface area (Å²) in [5.41, 5.74) is 14.4. The highest BCUT2D eigenvalue weighted by molar-refractivity contribution is 5.55. The van der Waals surface area contributed by atoms with E-state index in [2.05, 4.69) is 7.05 Å². The largest absolute Gasteiger partial charge is 0.399 e. The van der Waals surface area contributed by atoms with Gasteiger partial charge in [-0.1, -0.05) is 0 Å². The van der Waals surface area contributed by atoms with E-state index in [0.717, 1.165) is 49.5 Å². The van der Waals surface area contributed by atoms with Crippen molar-refractivity contribution in [2.24, 2.45) is 0 Å². The van der Waals surface area contributed by atoms with Crippen LogP contribution >= 0.6 is 0 Å². The molecule has 4 heteroatoms. The van der Waals surface area contributed by atoms with Crippen LogP contribution in [0.15, 0.2) is 18.2 Å². The number of anilines is 2. The number of benzene rings is 1. The molecule has 0 radical (unpaired) electrons. The molecule has 1 aromatic rings. The molecule has 1 heterocycles. The third-order valence-electron chi connectivity index (χ3n) is 4.32. The molecule has 0 bridgehead atoms. The van der Waals surface area contributed by atoms with Crippen molar-refractivity contribution in [2.45, 2.75) is 25.7 Å². The summed E-state index contributed by atoms with van der Waals surface area (Å²) in [4.78, 5) is 0. The number of likely N-dealkylation sites (N-methyl/N-ethyl adjacent to an activating group) is 1. The molecule has 1 aromatic carbocycles. The molecule has 1 saturated heterocycles. The van der Waals surface area contributed by atoms with Gasteiger partial charge >= 0.3 is 0 Å². The number of nitrogens with zero attached hydrogens (tertiary/aromatic N) is 1. The molecule has 1 aliphatic rings. The number of ether oxygens (including phenoxy) is 1. The zero-order valence-electron chi connectivity index (χ0n) is 12.6. The van der Waals surface area contributed by atoms with E-state index in [9.17, 15) is 0 Å². The predicted octanol–water partition coefficient (Wildman–Crippen LogP) is 2.04. The Morgan fingerprint density at radius 1 is 1.15 bits per heavy atom. The molecule has 2 rings (SSSR count). The lowest BCUT2D eigenvalue weighted by atomic mass is 10.1. The quantitative estimate of drug-likeness (QED) is 0.456. The van der Waals surface area contributed by atoms with Gasteiger partial charge in [-0.2, -0.15) is 0 Å². The van der Waals surface area contributed by atoms with Crippen molar-refractivity contribution in [1.82, 2.24) is 0 Å². The number of hydrogen-bond donors (Lipinski definition) is 2. The summed E-state index contributed by atoms with van der Waals surface area (Å²) in [5, 5.41) is 0. The summed E-state index contributed by atoms with van der Waals surface area (Å²) < 4.78 is 6.95. The summed E-state index contributed by atoms with van der Waals surface area (Å²) in [6, 6.07) is 5.69. The van der Waals surface area contributed by atoms with Crippen molar-refractivity contribution in [3.63, 3.8) is 0 Å². The van der Waals surface area contributed by atoms with E-state index >= 15 is 0 Å². The van der Waals surface area contributed by atoms with Gasteiger partial charge in [-0.25, -0.2) is 0 Å². The SMILES string of the molecule is C[N+]1(CCOCCCc2cc(N)ccc2N)CCCC1. The predicted molar refractivity (Wildman–Crippen MR) is 84.4 cm³/mol. The number of hydrogen-bond acceptors (Lipinski definition) is 3. The van der Waals surface area contributed by atoms with Gasteiger partial charge < -0.3 is 20.7 Å². The molecule has 0 amide bonds. The minimum Gasteiger partial charge on any atom is -0.399 e. The zero-order chi connectivity index (χ0) is 14.4. The van der Waals surface area contributed by atoms with Gasteiger partial charge in [0.25, 0.3) is 0 Å². The Morgan fingerprint density at radius 3 is 2.65 bits per heavy atom. The number of nitrogen functional groups attached to an aromatic ring is 2. The maximum absolute atomic E-state index is 5.93. The average molecular weight is 278 g/mol. The highest BCUT2D eigenvalue weighted by Crippen LogP contribution is 2.17. The highest BCUT2D eigenvalue weighted by atomic mass is 16.5. The van der Waals surface area contributed by atoms with Gasteiger partial charge in [-0.3, -0.25) is 0 Å². The first-order valence-electron chi connectivity index (χ1n) is 7.64. The summed E-state index contributed by atoms with van der Waals surface area (Å²) >= 11 is 0. The molecule has 0 unspecified atom stereocenters. The maximum atomic E-state index is 5.93. The first kappa shape index (κ1) is 15.1. The molecule has 1 fully saturated rings. The summed E-state index contributed by atoms with van der Waals surface area (Å²) in [5.74, 6) is 0.